The average Bonchev–Trinajstić information content (AvgIpc) is 3.24. The topological polar surface area (TPSA) is 99.8 Å². The predicted octanol–water partition coefficient (Wildman–Crippen LogP) is 3.63. The molecule has 0 bridgehead atoms. The number of carbonyl (C=O) groups is 1. The third-order valence-corrected chi connectivity index (χ3v) is 5.48. The second kappa shape index (κ2) is 7.74. The van der Waals surface area contributed by atoms with E-state index in [1.807, 2.05) is 28.8 Å². The SMILES string of the molecule is NC(=O)CCn1c(SCc2ncc(-c3ccc(Cl)cc3)o2)nnc1C1CC1. The molecule has 1 aliphatic carbocycles. The van der Waals surface area contributed by atoms with E-state index in [4.69, 9.17) is 21.8 Å². The third-order valence-electron chi connectivity index (χ3n) is 4.28. The van der Waals surface area contributed by atoms with Crippen LogP contribution in [0.25, 0.3) is 11.3 Å². The van der Waals surface area contributed by atoms with Crippen LogP contribution < -0.4 is 5.73 Å². The van der Waals surface area contributed by atoms with Crippen LogP contribution in [-0.2, 0) is 17.1 Å². The van der Waals surface area contributed by atoms with Crippen LogP contribution in [0.1, 0.15) is 36.9 Å². The molecule has 27 heavy (non-hydrogen) atoms. The van der Waals surface area contributed by atoms with E-state index in [-0.39, 0.29) is 12.3 Å². The molecule has 9 heteroatoms. The van der Waals surface area contributed by atoms with Crippen molar-refractivity contribution in [3.63, 3.8) is 0 Å². The maximum Gasteiger partial charge on any atom is 0.219 e. The first-order valence-corrected chi connectivity index (χ1v) is 10.0. The lowest BCUT2D eigenvalue weighted by Gasteiger charge is -2.07. The molecule has 1 aromatic carbocycles. The van der Waals surface area contributed by atoms with E-state index in [0.717, 1.165) is 29.4 Å². The molecule has 1 amide bonds. The minimum Gasteiger partial charge on any atom is -0.440 e. The predicted molar refractivity (Wildman–Crippen MR) is 102 cm³/mol. The number of rotatable bonds is 8. The Morgan fingerprint density at radius 3 is 2.78 bits per heavy atom. The van der Waals surface area contributed by atoms with Crippen LogP contribution in [0, 0.1) is 0 Å². The molecule has 1 aliphatic rings. The van der Waals surface area contributed by atoms with Crippen molar-refractivity contribution in [1.29, 1.82) is 0 Å². The Kier molecular flexibility index (Phi) is 5.18. The number of nitrogens with two attached hydrogens (primary N) is 1. The van der Waals surface area contributed by atoms with E-state index in [1.165, 1.54) is 11.8 Å². The highest BCUT2D eigenvalue weighted by Gasteiger charge is 2.30. The first-order chi connectivity index (χ1) is 13.1. The Morgan fingerprint density at radius 2 is 2.07 bits per heavy atom. The van der Waals surface area contributed by atoms with Crippen molar-refractivity contribution in [2.24, 2.45) is 5.73 Å². The minimum absolute atomic E-state index is 0.269. The van der Waals surface area contributed by atoms with Crippen molar-refractivity contribution in [3.8, 4) is 11.3 Å². The van der Waals surface area contributed by atoms with Crippen LogP contribution in [0.15, 0.2) is 40.0 Å². The number of primary amides is 1. The molecule has 0 unspecified atom stereocenters. The number of benzene rings is 1. The van der Waals surface area contributed by atoms with E-state index < -0.39 is 0 Å². The lowest BCUT2D eigenvalue weighted by Crippen LogP contribution is -2.15. The summed E-state index contributed by atoms with van der Waals surface area (Å²) in [7, 11) is 0. The number of hydrogen-bond acceptors (Lipinski definition) is 6. The number of hydrogen-bond donors (Lipinski definition) is 1. The highest BCUT2D eigenvalue weighted by Crippen LogP contribution is 2.40. The summed E-state index contributed by atoms with van der Waals surface area (Å²) in [6.07, 6.45) is 4.20. The van der Waals surface area contributed by atoms with E-state index in [9.17, 15) is 4.79 Å². The maximum absolute atomic E-state index is 11.2. The third kappa shape index (κ3) is 4.33. The summed E-state index contributed by atoms with van der Waals surface area (Å²) in [5, 5.41) is 10.0. The monoisotopic (exact) mass is 403 g/mol. The number of carbonyl (C=O) groups excluding carboxylic acids is 1. The van der Waals surface area contributed by atoms with Gasteiger partial charge in [0.15, 0.2) is 10.9 Å². The van der Waals surface area contributed by atoms with Gasteiger partial charge in [-0.2, -0.15) is 0 Å². The summed E-state index contributed by atoms with van der Waals surface area (Å²) in [4.78, 5) is 15.5. The van der Waals surface area contributed by atoms with Gasteiger partial charge in [-0.25, -0.2) is 4.98 Å². The normalized spacial score (nSPS) is 13.8. The quantitative estimate of drug-likeness (QED) is 0.576. The molecule has 1 saturated carbocycles. The summed E-state index contributed by atoms with van der Waals surface area (Å²) in [6, 6.07) is 7.41. The molecule has 2 aromatic heterocycles. The van der Waals surface area contributed by atoms with Crippen molar-refractivity contribution < 1.29 is 9.21 Å². The fourth-order valence-electron chi connectivity index (χ4n) is 2.73. The van der Waals surface area contributed by atoms with Gasteiger partial charge in [0, 0.05) is 29.5 Å². The zero-order chi connectivity index (χ0) is 18.8. The Labute approximate surface area is 165 Å². The van der Waals surface area contributed by atoms with Gasteiger partial charge in [0.1, 0.15) is 5.82 Å². The zero-order valence-electron chi connectivity index (χ0n) is 14.5. The molecule has 0 atom stereocenters. The van der Waals surface area contributed by atoms with Crippen LogP contribution in [-0.4, -0.2) is 25.7 Å². The zero-order valence-corrected chi connectivity index (χ0v) is 16.0. The number of aromatic nitrogens is 4. The van der Waals surface area contributed by atoms with Crippen LogP contribution >= 0.6 is 23.4 Å². The summed E-state index contributed by atoms with van der Waals surface area (Å²) < 4.78 is 7.83. The van der Waals surface area contributed by atoms with Gasteiger partial charge in [0.2, 0.25) is 11.8 Å². The summed E-state index contributed by atoms with van der Waals surface area (Å²) in [5.74, 6) is 2.86. The molecule has 140 valence electrons. The standard InChI is InChI=1S/C18H18ClN5O2S/c19-13-5-3-11(4-6-13)14-9-21-16(26-14)10-27-18-23-22-17(12-1-2-12)24(18)8-7-15(20)25/h3-6,9,12H,1-2,7-8,10H2,(H2,20,25). The van der Waals surface area contributed by atoms with Gasteiger partial charge < -0.3 is 14.7 Å². The van der Waals surface area contributed by atoms with E-state index in [1.54, 1.807) is 6.20 Å². The van der Waals surface area contributed by atoms with Gasteiger partial charge in [0.05, 0.1) is 11.9 Å². The lowest BCUT2D eigenvalue weighted by molar-refractivity contribution is -0.118. The Hall–Kier alpha value is -2.32. The number of oxazole rings is 1. The van der Waals surface area contributed by atoms with Crippen LogP contribution in [0.4, 0.5) is 0 Å². The van der Waals surface area contributed by atoms with Crippen molar-refractivity contribution in [2.75, 3.05) is 0 Å². The van der Waals surface area contributed by atoms with Crippen molar-refractivity contribution in [3.05, 3.63) is 47.2 Å². The Balaban J connectivity index is 1.45. The van der Waals surface area contributed by atoms with Gasteiger partial charge >= 0.3 is 0 Å². The molecule has 3 aromatic rings. The molecule has 7 nitrogen and oxygen atoms in total. The van der Waals surface area contributed by atoms with Crippen molar-refractivity contribution in [2.45, 2.75) is 42.6 Å². The molecule has 1 fully saturated rings. The molecule has 4 rings (SSSR count). The van der Waals surface area contributed by atoms with E-state index in [0.29, 0.717) is 34.9 Å². The second-order valence-electron chi connectivity index (χ2n) is 6.40. The summed E-state index contributed by atoms with van der Waals surface area (Å²) in [6.45, 7) is 0.498. The Bertz CT molecular complexity index is 949. The van der Waals surface area contributed by atoms with Crippen molar-refractivity contribution >= 4 is 29.3 Å². The molecule has 2 heterocycles. The number of nitrogens with zero attached hydrogens (tertiary/aromatic N) is 4. The fraction of sp³-hybridized carbons (Fsp3) is 0.333. The van der Waals surface area contributed by atoms with Gasteiger partial charge in [-0.15, -0.1) is 10.2 Å². The van der Waals surface area contributed by atoms with Crippen LogP contribution in [0.3, 0.4) is 0 Å². The first kappa shape index (κ1) is 18.1. The highest BCUT2D eigenvalue weighted by molar-refractivity contribution is 7.98. The summed E-state index contributed by atoms with van der Waals surface area (Å²) >= 11 is 7.41. The molecular weight excluding hydrogens is 386 g/mol. The van der Waals surface area contributed by atoms with Gasteiger partial charge in [0.25, 0.3) is 0 Å². The van der Waals surface area contributed by atoms with E-state index >= 15 is 0 Å². The van der Waals surface area contributed by atoms with Gasteiger partial charge in [-0.3, -0.25) is 4.79 Å². The largest absolute Gasteiger partial charge is 0.440 e. The molecule has 0 spiro atoms. The van der Waals surface area contributed by atoms with Crippen LogP contribution in [0.5, 0.6) is 0 Å². The van der Waals surface area contributed by atoms with Gasteiger partial charge in [-0.1, -0.05) is 23.4 Å². The maximum atomic E-state index is 11.2. The highest BCUT2D eigenvalue weighted by atomic mass is 35.5. The fourth-order valence-corrected chi connectivity index (χ4v) is 3.68. The lowest BCUT2D eigenvalue weighted by atomic mass is 10.2. The van der Waals surface area contributed by atoms with E-state index in [2.05, 4.69) is 15.2 Å². The average molecular weight is 404 g/mol. The molecular formula is C18H18ClN5O2S. The van der Waals surface area contributed by atoms with Gasteiger partial charge in [-0.05, 0) is 37.1 Å². The summed E-state index contributed by atoms with van der Waals surface area (Å²) in [5.41, 5.74) is 6.22. The molecule has 2 N–H and O–H groups in total. The second-order valence-corrected chi connectivity index (χ2v) is 7.78. The van der Waals surface area contributed by atoms with Crippen LogP contribution in [0.2, 0.25) is 5.02 Å². The molecule has 0 saturated heterocycles. The minimum atomic E-state index is -0.332. The first-order valence-electron chi connectivity index (χ1n) is 8.65. The number of amides is 1. The van der Waals surface area contributed by atoms with Crippen molar-refractivity contribution in [1.82, 2.24) is 19.7 Å². The smallest absolute Gasteiger partial charge is 0.219 e. The number of halogens is 1. The number of thioether (sulfide) groups is 1. The molecule has 0 radical (unpaired) electrons. The Morgan fingerprint density at radius 1 is 1.30 bits per heavy atom. The molecule has 0 aliphatic heterocycles.